The average Bonchev–Trinajstić information content (AvgIpc) is 3.52. The van der Waals surface area contributed by atoms with Crippen molar-refractivity contribution in [1.82, 2.24) is 14.8 Å². The minimum absolute atomic E-state index is 0.0781. The fourth-order valence-corrected chi connectivity index (χ4v) is 6.23. The van der Waals surface area contributed by atoms with Crippen molar-refractivity contribution in [3.63, 3.8) is 0 Å². The van der Waals surface area contributed by atoms with E-state index in [-0.39, 0.29) is 23.0 Å². The molecule has 3 aliphatic rings. The molecule has 2 saturated heterocycles. The first kappa shape index (κ1) is 26.0. The van der Waals surface area contributed by atoms with Crippen LogP contribution in [-0.4, -0.2) is 66.0 Å². The van der Waals surface area contributed by atoms with E-state index in [1.807, 2.05) is 40.1 Å². The summed E-state index contributed by atoms with van der Waals surface area (Å²) in [5.41, 5.74) is 3.40. The third-order valence-corrected chi connectivity index (χ3v) is 8.65. The van der Waals surface area contributed by atoms with E-state index in [9.17, 15) is 13.6 Å². The van der Waals surface area contributed by atoms with Gasteiger partial charge in [-0.05, 0) is 74.7 Å². The summed E-state index contributed by atoms with van der Waals surface area (Å²) in [6.45, 7) is 5.34. The largest absolute Gasteiger partial charge is 0.367 e. The van der Waals surface area contributed by atoms with Gasteiger partial charge in [0.25, 0.3) is 5.91 Å². The maximum absolute atomic E-state index is 14.5. The van der Waals surface area contributed by atoms with Crippen molar-refractivity contribution < 1.29 is 13.6 Å². The number of rotatable bonds is 5. The van der Waals surface area contributed by atoms with Crippen molar-refractivity contribution >= 4 is 29.0 Å². The molecule has 0 saturated carbocycles. The normalized spacial score (nSPS) is 18.2. The lowest BCUT2D eigenvalue weighted by atomic mass is 10.0. The molecule has 0 spiro atoms. The summed E-state index contributed by atoms with van der Waals surface area (Å²) in [6.07, 6.45) is 6.45. The van der Waals surface area contributed by atoms with E-state index in [1.54, 1.807) is 6.20 Å². The van der Waals surface area contributed by atoms with Crippen molar-refractivity contribution in [1.29, 1.82) is 0 Å². The van der Waals surface area contributed by atoms with Gasteiger partial charge in [0.05, 0.1) is 10.7 Å². The van der Waals surface area contributed by atoms with Gasteiger partial charge in [0.2, 0.25) is 0 Å². The Labute approximate surface area is 232 Å². The van der Waals surface area contributed by atoms with Gasteiger partial charge in [0.1, 0.15) is 17.5 Å². The SMILES string of the molecule is O=C(c1ccc(-c2cnc3c(c2)N(Cc2c(F)ccc(F)c2Cl)CCN3)cc1)N1CCC(N2CCCC2)CC1. The Kier molecular flexibility index (Phi) is 7.40. The lowest BCUT2D eigenvalue weighted by Gasteiger charge is -2.36. The first-order valence-electron chi connectivity index (χ1n) is 13.7. The zero-order valence-electron chi connectivity index (χ0n) is 21.8. The number of nitrogens with zero attached hydrogens (tertiary/aromatic N) is 4. The van der Waals surface area contributed by atoms with Crippen LogP contribution in [0.3, 0.4) is 0 Å². The summed E-state index contributed by atoms with van der Waals surface area (Å²) >= 11 is 6.10. The zero-order valence-corrected chi connectivity index (χ0v) is 22.6. The van der Waals surface area contributed by atoms with Crippen LogP contribution in [0.1, 0.15) is 41.6 Å². The highest BCUT2D eigenvalue weighted by molar-refractivity contribution is 6.31. The number of piperidine rings is 1. The average molecular weight is 552 g/mol. The maximum Gasteiger partial charge on any atom is 0.253 e. The number of hydrogen-bond acceptors (Lipinski definition) is 5. The second kappa shape index (κ2) is 11.1. The molecule has 6 nitrogen and oxygen atoms in total. The summed E-state index contributed by atoms with van der Waals surface area (Å²) in [5.74, 6) is -0.413. The highest BCUT2D eigenvalue weighted by Gasteiger charge is 2.29. The van der Waals surface area contributed by atoms with Gasteiger partial charge in [0, 0.05) is 61.7 Å². The fraction of sp³-hybridized carbons (Fsp3) is 0.400. The van der Waals surface area contributed by atoms with Crippen LogP contribution < -0.4 is 10.2 Å². The molecular weight excluding hydrogens is 520 g/mol. The molecule has 39 heavy (non-hydrogen) atoms. The van der Waals surface area contributed by atoms with Crippen LogP contribution in [0.5, 0.6) is 0 Å². The second-order valence-corrected chi connectivity index (χ2v) is 11.0. The first-order chi connectivity index (χ1) is 19.0. The van der Waals surface area contributed by atoms with Gasteiger partial charge in [-0.2, -0.15) is 0 Å². The molecule has 0 bridgehead atoms. The fourth-order valence-electron chi connectivity index (χ4n) is 6.02. The number of nitrogens with one attached hydrogen (secondary N) is 1. The summed E-state index contributed by atoms with van der Waals surface area (Å²) in [4.78, 5) is 24.3. The predicted octanol–water partition coefficient (Wildman–Crippen LogP) is 5.81. The van der Waals surface area contributed by atoms with E-state index >= 15 is 0 Å². The Morgan fingerprint density at radius 3 is 2.41 bits per heavy atom. The highest BCUT2D eigenvalue weighted by atomic mass is 35.5. The first-order valence-corrected chi connectivity index (χ1v) is 14.1. The van der Waals surface area contributed by atoms with E-state index in [0.29, 0.717) is 30.5 Å². The van der Waals surface area contributed by atoms with E-state index in [2.05, 4.69) is 15.2 Å². The number of benzene rings is 2. The molecule has 4 heterocycles. The predicted molar refractivity (Wildman–Crippen MR) is 150 cm³/mol. The van der Waals surface area contributed by atoms with Gasteiger partial charge in [-0.1, -0.05) is 23.7 Å². The van der Waals surface area contributed by atoms with Crippen molar-refractivity contribution in [2.75, 3.05) is 49.5 Å². The number of pyridine rings is 1. The number of carbonyl (C=O) groups is 1. The van der Waals surface area contributed by atoms with Gasteiger partial charge in [0.15, 0.2) is 0 Å². The summed E-state index contributed by atoms with van der Waals surface area (Å²) in [7, 11) is 0. The van der Waals surface area contributed by atoms with Crippen molar-refractivity contribution in [3.8, 4) is 11.1 Å². The van der Waals surface area contributed by atoms with Gasteiger partial charge < -0.3 is 20.0 Å². The van der Waals surface area contributed by atoms with Gasteiger partial charge in [-0.15, -0.1) is 0 Å². The Bertz CT molecular complexity index is 1350. The Morgan fingerprint density at radius 2 is 1.67 bits per heavy atom. The number of carbonyl (C=O) groups excluding carboxylic acids is 1. The summed E-state index contributed by atoms with van der Waals surface area (Å²) < 4.78 is 28.5. The third kappa shape index (κ3) is 5.32. The molecule has 1 aromatic heterocycles. The molecule has 204 valence electrons. The van der Waals surface area contributed by atoms with Gasteiger partial charge in [-0.25, -0.2) is 13.8 Å². The molecule has 0 unspecified atom stereocenters. The van der Waals surface area contributed by atoms with Crippen LogP contribution >= 0.6 is 11.6 Å². The molecule has 3 aliphatic heterocycles. The Balaban J connectivity index is 1.16. The monoisotopic (exact) mass is 551 g/mol. The Morgan fingerprint density at radius 1 is 0.949 bits per heavy atom. The van der Waals surface area contributed by atoms with Gasteiger partial charge in [-0.3, -0.25) is 4.79 Å². The molecule has 1 amide bonds. The lowest BCUT2D eigenvalue weighted by Crippen LogP contribution is -2.45. The van der Waals surface area contributed by atoms with Crippen LogP contribution in [0.4, 0.5) is 20.3 Å². The minimum Gasteiger partial charge on any atom is -0.367 e. The van der Waals surface area contributed by atoms with Crippen molar-refractivity contribution in [3.05, 3.63) is 76.4 Å². The molecule has 0 radical (unpaired) electrons. The quantitative estimate of drug-likeness (QED) is 0.405. The molecule has 2 aromatic carbocycles. The van der Waals surface area contributed by atoms with E-state index in [4.69, 9.17) is 11.6 Å². The lowest BCUT2D eigenvalue weighted by molar-refractivity contribution is 0.0644. The third-order valence-electron chi connectivity index (χ3n) is 8.24. The van der Waals surface area contributed by atoms with Crippen LogP contribution in [0.15, 0.2) is 48.7 Å². The van der Waals surface area contributed by atoms with Crippen LogP contribution in [0.2, 0.25) is 5.02 Å². The number of likely N-dealkylation sites (tertiary alicyclic amines) is 2. The van der Waals surface area contributed by atoms with Crippen LogP contribution in [-0.2, 0) is 6.54 Å². The van der Waals surface area contributed by atoms with Gasteiger partial charge >= 0.3 is 0 Å². The molecular formula is C30H32ClF2N5O. The molecule has 6 rings (SSSR count). The molecule has 9 heteroatoms. The maximum atomic E-state index is 14.5. The van der Waals surface area contributed by atoms with Crippen LogP contribution in [0.25, 0.3) is 11.1 Å². The number of aromatic nitrogens is 1. The minimum atomic E-state index is -0.638. The van der Waals surface area contributed by atoms with E-state index in [0.717, 1.165) is 54.9 Å². The smallest absolute Gasteiger partial charge is 0.253 e. The van der Waals surface area contributed by atoms with Crippen LogP contribution in [0, 0.1) is 11.6 Å². The summed E-state index contributed by atoms with van der Waals surface area (Å²) in [5, 5.41) is 3.08. The molecule has 0 atom stereocenters. The second-order valence-electron chi connectivity index (χ2n) is 10.6. The molecule has 0 aliphatic carbocycles. The number of halogens is 3. The van der Waals surface area contributed by atoms with Crippen molar-refractivity contribution in [2.45, 2.75) is 38.3 Å². The standard InChI is InChI=1S/C30H32ClF2N5O/c31-28-24(25(32)7-8-26(28)33)19-38-16-11-34-29-27(38)17-22(18-35-29)20-3-5-21(6-4-20)30(39)37-14-9-23(10-15-37)36-12-1-2-13-36/h3-8,17-18,23H,1-2,9-16,19H2,(H,34,35). The Hall–Kier alpha value is -3.23. The summed E-state index contributed by atoms with van der Waals surface area (Å²) in [6, 6.07) is 12.4. The number of fused-ring (bicyclic) bond motifs is 1. The van der Waals surface area contributed by atoms with E-state index < -0.39 is 11.6 Å². The van der Waals surface area contributed by atoms with Crippen molar-refractivity contribution in [2.24, 2.45) is 0 Å². The van der Waals surface area contributed by atoms with E-state index in [1.165, 1.54) is 25.9 Å². The number of anilines is 2. The molecule has 3 aromatic rings. The number of hydrogen-bond donors (Lipinski definition) is 1. The topological polar surface area (TPSA) is 51.7 Å². The molecule has 1 N–H and O–H groups in total. The number of amides is 1. The highest BCUT2D eigenvalue weighted by Crippen LogP contribution is 2.34. The molecule has 2 fully saturated rings. The zero-order chi connectivity index (χ0) is 26.9.